The molecule has 0 radical (unpaired) electrons. The quantitative estimate of drug-likeness (QED) is 0.562. The lowest BCUT2D eigenvalue weighted by atomic mass is 9.81. The van der Waals surface area contributed by atoms with Gasteiger partial charge in [0.1, 0.15) is 12.4 Å². The van der Waals surface area contributed by atoms with Gasteiger partial charge in [0.2, 0.25) is 5.88 Å². The average molecular weight is 467 g/mol. The molecule has 3 heterocycles. The van der Waals surface area contributed by atoms with Crippen LogP contribution in [0.2, 0.25) is 5.02 Å². The summed E-state index contributed by atoms with van der Waals surface area (Å²) in [4.78, 5) is 3.86. The minimum atomic E-state index is -0.370. The average Bonchev–Trinajstić information content (AvgIpc) is 3.13. The van der Waals surface area contributed by atoms with Gasteiger partial charge in [-0.2, -0.15) is 0 Å². The van der Waals surface area contributed by atoms with Crippen molar-refractivity contribution in [3.8, 4) is 11.6 Å². The van der Waals surface area contributed by atoms with Gasteiger partial charge in [0.25, 0.3) is 0 Å². The van der Waals surface area contributed by atoms with Gasteiger partial charge in [-0.05, 0) is 48.9 Å². The molecule has 1 N–H and O–H groups in total. The zero-order valence-corrected chi connectivity index (χ0v) is 18.6. The molecule has 0 atom stereocenters. The molecule has 2 aliphatic rings. The third-order valence-electron chi connectivity index (χ3n) is 5.79. The fourth-order valence-electron chi connectivity index (χ4n) is 4.19. The van der Waals surface area contributed by atoms with E-state index in [9.17, 15) is 0 Å². The minimum absolute atomic E-state index is 0. The number of halogens is 3. The molecule has 1 aromatic carbocycles. The number of rotatable bonds is 3. The molecule has 0 unspecified atom stereocenters. The Labute approximate surface area is 191 Å². The van der Waals surface area contributed by atoms with E-state index < -0.39 is 0 Å². The van der Waals surface area contributed by atoms with E-state index >= 15 is 0 Å². The molecule has 5 rings (SSSR count). The lowest BCUT2D eigenvalue weighted by Gasteiger charge is -2.36. The Balaban J connectivity index is 0.00000218. The molecule has 0 spiro atoms. The number of aromatic nitrogens is 4. The van der Waals surface area contributed by atoms with E-state index in [4.69, 9.17) is 27.9 Å². The van der Waals surface area contributed by atoms with E-state index in [2.05, 4.69) is 38.7 Å². The summed E-state index contributed by atoms with van der Waals surface area (Å²) in [6.07, 6.45) is 6.99. The van der Waals surface area contributed by atoms with Crippen LogP contribution in [0.15, 0.2) is 42.9 Å². The zero-order chi connectivity index (χ0) is 19.8. The van der Waals surface area contributed by atoms with Crippen LogP contribution < -0.4 is 10.1 Å². The predicted octanol–water partition coefficient (Wildman–Crippen LogP) is 4.80. The second kappa shape index (κ2) is 8.71. The van der Waals surface area contributed by atoms with E-state index in [0.29, 0.717) is 17.4 Å². The van der Waals surface area contributed by atoms with Crippen molar-refractivity contribution in [1.29, 1.82) is 0 Å². The lowest BCUT2D eigenvalue weighted by molar-refractivity contribution is 0.132. The molecule has 1 fully saturated rings. The molecule has 6 nitrogen and oxygen atoms in total. The summed E-state index contributed by atoms with van der Waals surface area (Å²) in [7, 11) is 0. The standard InChI is InChI=1S/C21H21Cl2N5O.ClH/c22-16-2-4-20(25-11-16)29-17-5-7-21(23,8-6-17)15-1-3-18-14(9-15)10-24-12-19-27-26-13-28(18)19;/h1-4,9,11,13,17,24H,5-8,10,12H2;1H. The Morgan fingerprint density at radius 3 is 2.73 bits per heavy atom. The van der Waals surface area contributed by atoms with E-state index in [1.807, 2.05) is 10.6 Å². The van der Waals surface area contributed by atoms with Crippen LogP contribution in [0.1, 0.15) is 42.6 Å². The summed E-state index contributed by atoms with van der Waals surface area (Å²) in [5.41, 5.74) is 3.49. The van der Waals surface area contributed by atoms with Crippen LogP contribution in [0, 0.1) is 0 Å². The van der Waals surface area contributed by atoms with Gasteiger partial charge in [-0.15, -0.1) is 34.2 Å². The first-order valence-electron chi connectivity index (χ1n) is 9.81. The number of fused-ring (bicyclic) bond motifs is 3. The number of benzene rings is 1. The largest absolute Gasteiger partial charge is 0.474 e. The maximum absolute atomic E-state index is 7.11. The zero-order valence-electron chi connectivity index (χ0n) is 16.2. The van der Waals surface area contributed by atoms with Crippen LogP contribution in [-0.2, 0) is 18.0 Å². The van der Waals surface area contributed by atoms with Crippen LogP contribution in [0.4, 0.5) is 0 Å². The smallest absolute Gasteiger partial charge is 0.213 e. The normalized spacial score (nSPS) is 22.9. The number of hydrogen-bond donors (Lipinski definition) is 1. The van der Waals surface area contributed by atoms with Crippen LogP contribution in [-0.4, -0.2) is 25.9 Å². The third kappa shape index (κ3) is 4.14. The summed E-state index contributed by atoms with van der Waals surface area (Å²) >= 11 is 13.0. The highest BCUT2D eigenvalue weighted by Gasteiger charge is 2.36. The highest BCUT2D eigenvalue weighted by atomic mass is 35.5. The van der Waals surface area contributed by atoms with Crippen molar-refractivity contribution in [2.24, 2.45) is 0 Å². The Morgan fingerprint density at radius 1 is 1.13 bits per heavy atom. The van der Waals surface area contributed by atoms with Gasteiger partial charge in [-0.3, -0.25) is 4.57 Å². The minimum Gasteiger partial charge on any atom is -0.474 e. The number of ether oxygens (including phenoxy) is 1. The van der Waals surface area contributed by atoms with E-state index in [1.54, 1.807) is 18.6 Å². The fourth-order valence-corrected chi connectivity index (χ4v) is 4.64. The van der Waals surface area contributed by atoms with Gasteiger partial charge < -0.3 is 10.1 Å². The second-order valence-electron chi connectivity index (χ2n) is 7.66. The van der Waals surface area contributed by atoms with Crippen molar-refractivity contribution in [2.45, 2.75) is 49.8 Å². The first kappa shape index (κ1) is 21.4. The SMILES string of the molecule is Cl.Clc1ccc(OC2CCC(Cl)(c3ccc4c(c3)CNCc3nncn3-4)CC2)nc1. The Kier molecular flexibility index (Phi) is 6.21. The van der Waals surface area contributed by atoms with E-state index in [1.165, 1.54) is 11.1 Å². The maximum atomic E-state index is 7.11. The number of pyridine rings is 1. The topological polar surface area (TPSA) is 64.9 Å². The predicted molar refractivity (Wildman–Crippen MR) is 119 cm³/mol. The monoisotopic (exact) mass is 465 g/mol. The van der Waals surface area contributed by atoms with Crippen molar-refractivity contribution in [2.75, 3.05) is 0 Å². The van der Waals surface area contributed by atoms with Gasteiger partial charge in [0.05, 0.1) is 22.1 Å². The number of nitrogens with zero attached hydrogens (tertiary/aromatic N) is 4. The molecule has 0 bridgehead atoms. The molecule has 30 heavy (non-hydrogen) atoms. The molecule has 1 aliphatic heterocycles. The van der Waals surface area contributed by atoms with Crippen molar-refractivity contribution in [3.05, 3.63) is 64.8 Å². The van der Waals surface area contributed by atoms with Gasteiger partial charge in [0.15, 0.2) is 5.82 Å². The van der Waals surface area contributed by atoms with Crippen molar-refractivity contribution in [3.63, 3.8) is 0 Å². The van der Waals surface area contributed by atoms with Gasteiger partial charge in [-0.25, -0.2) is 4.98 Å². The molecular formula is C21H22Cl3N5O. The molecule has 9 heteroatoms. The highest BCUT2D eigenvalue weighted by Crippen LogP contribution is 2.44. The summed E-state index contributed by atoms with van der Waals surface area (Å²) in [6, 6.07) is 10.1. The highest BCUT2D eigenvalue weighted by molar-refractivity contribution is 6.30. The van der Waals surface area contributed by atoms with Crippen LogP contribution in [0.3, 0.4) is 0 Å². The molecule has 3 aromatic rings. The van der Waals surface area contributed by atoms with E-state index in [0.717, 1.165) is 43.7 Å². The summed E-state index contributed by atoms with van der Waals surface area (Å²) < 4.78 is 8.07. The summed E-state index contributed by atoms with van der Waals surface area (Å²) in [5.74, 6) is 1.54. The van der Waals surface area contributed by atoms with Gasteiger partial charge in [-0.1, -0.05) is 23.7 Å². The number of alkyl halides is 1. The summed E-state index contributed by atoms with van der Waals surface area (Å²) in [5, 5.41) is 12.3. The van der Waals surface area contributed by atoms with Crippen molar-refractivity contribution < 1.29 is 4.74 Å². The van der Waals surface area contributed by atoms with Gasteiger partial charge >= 0.3 is 0 Å². The fraction of sp³-hybridized carbons (Fsp3) is 0.381. The van der Waals surface area contributed by atoms with Gasteiger partial charge in [0, 0.05) is 18.8 Å². The molecule has 0 saturated heterocycles. The number of hydrogen-bond acceptors (Lipinski definition) is 5. The van der Waals surface area contributed by atoms with Crippen LogP contribution in [0.25, 0.3) is 5.69 Å². The second-order valence-corrected chi connectivity index (χ2v) is 8.82. The molecular weight excluding hydrogens is 445 g/mol. The number of nitrogens with one attached hydrogen (secondary N) is 1. The van der Waals surface area contributed by atoms with E-state index in [-0.39, 0.29) is 23.4 Å². The third-order valence-corrected chi connectivity index (χ3v) is 6.61. The van der Waals surface area contributed by atoms with Crippen molar-refractivity contribution in [1.82, 2.24) is 25.1 Å². The Hall–Kier alpha value is -1.86. The maximum Gasteiger partial charge on any atom is 0.213 e. The lowest BCUT2D eigenvalue weighted by Crippen LogP contribution is -2.32. The van der Waals surface area contributed by atoms with Crippen LogP contribution in [0.5, 0.6) is 5.88 Å². The molecule has 2 aromatic heterocycles. The van der Waals surface area contributed by atoms with Crippen LogP contribution >= 0.6 is 35.6 Å². The first-order valence-corrected chi connectivity index (χ1v) is 10.6. The Bertz CT molecular complexity index is 1020. The molecule has 1 aliphatic carbocycles. The Morgan fingerprint density at radius 2 is 1.97 bits per heavy atom. The molecule has 158 valence electrons. The molecule has 0 amide bonds. The summed E-state index contributed by atoms with van der Waals surface area (Å²) in [6.45, 7) is 1.49. The first-order chi connectivity index (χ1) is 14.1. The van der Waals surface area contributed by atoms with Crippen molar-refractivity contribution >= 4 is 35.6 Å². The molecule has 1 saturated carbocycles.